The van der Waals surface area contributed by atoms with Gasteiger partial charge in [-0.3, -0.25) is 19.2 Å². The van der Waals surface area contributed by atoms with Crippen LogP contribution in [0.2, 0.25) is 0 Å². The smallest absolute Gasteiger partial charge is 0.343 e. The number of aryl methyl sites for hydroxylation is 1. The topological polar surface area (TPSA) is 141 Å². The van der Waals surface area contributed by atoms with Crippen molar-refractivity contribution in [1.82, 2.24) is 10.6 Å². The normalized spacial score (nSPS) is 11.0. The molecule has 0 heterocycles. The summed E-state index contributed by atoms with van der Waals surface area (Å²) < 4.78 is 39.2. The van der Waals surface area contributed by atoms with Crippen LogP contribution < -0.4 is 26.6 Å². The van der Waals surface area contributed by atoms with Crippen molar-refractivity contribution in [3.8, 4) is 0 Å². The van der Waals surface area contributed by atoms with E-state index in [1.165, 1.54) is 30.8 Å². The fourth-order valence-corrected chi connectivity index (χ4v) is 3.83. The average molecular weight is 677 g/mol. The van der Waals surface area contributed by atoms with Crippen LogP contribution in [-0.4, -0.2) is 36.4 Å². The summed E-state index contributed by atoms with van der Waals surface area (Å²) in [6.07, 6.45) is 0.685. The van der Waals surface area contributed by atoms with Gasteiger partial charge in [0, 0.05) is 28.2 Å². The number of carbonyl (C=O) groups is 4. The molecule has 0 atom stereocenters. The second kappa shape index (κ2) is 19.0. The van der Waals surface area contributed by atoms with Gasteiger partial charge in [0.05, 0.1) is 24.0 Å². The number of amides is 4. The number of allylic oxidation sites excluding steroid dienone is 2. The maximum Gasteiger partial charge on any atom is 0.416 e. The zero-order valence-electron chi connectivity index (χ0n) is 27.6. The van der Waals surface area contributed by atoms with Crippen LogP contribution in [0, 0.1) is 6.92 Å². The van der Waals surface area contributed by atoms with Crippen LogP contribution in [0.25, 0.3) is 0 Å². The fourth-order valence-electron chi connectivity index (χ4n) is 3.83. The van der Waals surface area contributed by atoms with E-state index < -0.39 is 35.4 Å². The Bertz CT molecular complexity index is 1750. The highest BCUT2D eigenvalue weighted by Crippen LogP contribution is 2.29. The van der Waals surface area contributed by atoms with Crippen molar-refractivity contribution in [3.05, 3.63) is 126 Å². The summed E-state index contributed by atoms with van der Waals surface area (Å²) in [4.78, 5) is 53.2. The fraction of sp³-hybridized carbons (Fsp3) is 0.194. The van der Waals surface area contributed by atoms with Crippen molar-refractivity contribution in [2.75, 3.05) is 22.5 Å². The Morgan fingerprint density at radius 1 is 0.857 bits per heavy atom. The van der Waals surface area contributed by atoms with Crippen LogP contribution in [0.4, 0.5) is 30.2 Å². The maximum atomic E-state index is 13.1. The summed E-state index contributed by atoms with van der Waals surface area (Å²) in [6.45, 7) is 14.6. The zero-order chi connectivity index (χ0) is 36.6. The van der Waals surface area contributed by atoms with Gasteiger partial charge in [-0.1, -0.05) is 57.7 Å². The summed E-state index contributed by atoms with van der Waals surface area (Å²) >= 11 is 0. The molecule has 0 saturated carbocycles. The third kappa shape index (κ3) is 13.3. The molecule has 0 unspecified atom stereocenters. The van der Waals surface area contributed by atoms with Crippen LogP contribution >= 0.6 is 0 Å². The van der Waals surface area contributed by atoms with E-state index in [0.29, 0.717) is 22.6 Å². The number of aliphatic imine (C=N–C) groups is 1. The van der Waals surface area contributed by atoms with Crippen molar-refractivity contribution < 1.29 is 32.3 Å². The quantitative estimate of drug-likeness (QED) is 0.102. The van der Waals surface area contributed by atoms with Crippen molar-refractivity contribution in [2.24, 2.45) is 4.99 Å². The van der Waals surface area contributed by atoms with E-state index in [-0.39, 0.29) is 29.2 Å². The molecular weight excluding hydrogens is 637 g/mol. The van der Waals surface area contributed by atoms with Gasteiger partial charge in [0.1, 0.15) is 5.82 Å². The Labute approximate surface area is 283 Å². The van der Waals surface area contributed by atoms with Crippen LogP contribution in [0.1, 0.15) is 59.0 Å². The number of alkyl halides is 3. The summed E-state index contributed by atoms with van der Waals surface area (Å²) in [5.41, 5.74) is 1.23. The van der Waals surface area contributed by atoms with Crippen LogP contribution in [0.3, 0.4) is 0 Å². The van der Waals surface area contributed by atoms with Gasteiger partial charge < -0.3 is 26.6 Å². The highest BCUT2D eigenvalue weighted by Gasteiger charge is 2.31. The molecule has 4 amide bonds. The number of hydrogen-bond donors (Lipinski definition) is 5. The van der Waals surface area contributed by atoms with Gasteiger partial charge in [-0.25, -0.2) is 4.99 Å². The molecule has 3 rings (SSSR count). The minimum Gasteiger partial charge on any atom is -0.343 e. The predicted molar refractivity (Wildman–Crippen MR) is 187 cm³/mol. The highest BCUT2D eigenvalue weighted by atomic mass is 19.4. The van der Waals surface area contributed by atoms with Gasteiger partial charge in [0.2, 0.25) is 11.8 Å². The number of nitrogens with zero attached hydrogens (tertiary/aromatic N) is 1. The lowest BCUT2D eigenvalue weighted by molar-refractivity contribution is -0.137. The standard InChI is InChI=1S/C33H31F3N6O4.C3H8/c1-5-24(18-37-21(4)39-25-11-8-12-26(16-25)40-30(44)19-38-29(43)6-2)41-32(46)28-17-27(14-13-20(28)3)42-31(45)22-9-7-10-23(15-22)33(34,35)36;1-3-2/h5-18,39H,2,4,19H2,1,3H3,(H,38,43)(H,40,44)(H,41,46)(H,42,45);3H2,1-2H3/b24-5+,37-18-;. The minimum absolute atomic E-state index is 0.187. The lowest BCUT2D eigenvalue weighted by atomic mass is 10.1. The Kier molecular flexibility index (Phi) is 15.2. The van der Waals surface area contributed by atoms with Crippen LogP contribution in [-0.2, 0) is 15.8 Å². The Hall–Kier alpha value is -5.98. The predicted octanol–water partition coefficient (Wildman–Crippen LogP) is 7.21. The average Bonchev–Trinajstić information content (AvgIpc) is 3.06. The molecule has 3 aromatic rings. The molecule has 0 aromatic heterocycles. The van der Waals surface area contributed by atoms with Crippen LogP contribution in [0.15, 0.2) is 109 Å². The number of hydrogen-bond acceptors (Lipinski definition) is 6. The van der Waals surface area contributed by atoms with Gasteiger partial charge in [0.15, 0.2) is 0 Å². The van der Waals surface area contributed by atoms with Crippen molar-refractivity contribution in [1.29, 1.82) is 0 Å². The molecule has 49 heavy (non-hydrogen) atoms. The molecule has 0 fully saturated rings. The Balaban J connectivity index is 0.00000267. The van der Waals surface area contributed by atoms with E-state index in [9.17, 15) is 32.3 Å². The molecule has 258 valence electrons. The molecule has 13 heteroatoms. The number of benzene rings is 3. The second-order valence-electron chi connectivity index (χ2n) is 10.3. The molecule has 0 aliphatic heterocycles. The first-order valence-corrected chi connectivity index (χ1v) is 15.1. The zero-order valence-corrected chi connectivity index (χ0v) is 27.6. The van der Waals surface area contributed by atoms with E-state index in [1.807, 2.05) is 0 Å². The second-order valence-corrected chi connectivity index (χ2v) is 10.3. The lowest BCUT2D eigenvalue weighted by Crippen LogP contribution is -2.31. The van der Waals surface area contributed by atoms with Crippen molar-refractivity contribution >= 4 is 46.9 Å². The van der Waals surface area contributed by atoms with Gasteiger partial charge in [-0.2, -0.15) is 13.2 Å². The molecule has 5 N–H and O–H groups in total. The molecule has 0 bridgehead atoms. The largest absolute Gasteiger partial charge is 0.416 e. The number of halogens is 3. The first kappa shape index (κ1) is 39.2. The van der Waals surface area contributed by atoms with Crippen LogP contribution in [0.5, 0.6) is 0 Å². The molecule has 0 radical (unpaired) electrons. The maximum absolute atomic E-state index is 13.1. The SMILES string of the molecule is C=CC(=O)NCC(=O)Nc1cccc(NC(=C)/N=C\C(=C/C)NC(=O)c2cc(NC(=O)c3cccc(C(F)(F)F)c3)ccc2C)c1.CCC. The Morgan fingerprint density at radius 2 is 1.49 bits per heavy atom. The van der Waals surface area contributed by atoms with Crippen molar-refractivity contribution in [3.63, 3.8) is 0 Å². The third-order valence-corrected chi connectivity index (χ3v) is 6.16. The van der Waals surface area contributed by atoms with E-state index in [1.54, 1.807) is 50.3 Å². The van der Waals surface area contributed by atoms with E-state index in [4.69, 9.17) is 0 Å². The number of rotatable bonds is 12. The van der Waals surface area contributed by atoms with E-state index in [2.05, 4.69) is 58.6 Å². The molecule has 3 aromatic carbocycles. The summed E-state index contributed by atoms with van der Waals surface area (Å²) in [5, 5.41) is 13.2. The van der Waals surface area contributed by atoms with Gasteiger partial charge >= 0.3 is 6.18 Å². The molecule has 0 saturated heterocycles. The molecule has 0 spiro atoms. The Morgan fingerprint density at radius 3 is 2.12 bits per heavy atom. The van der Waals surface area contributed by atoms with E-state index in [0.717, 1.165) is 24.3 Å². The van der Waals surface area contributed by atoms with Gasteiger partial charge in [0.25, 0.3) is 11.8 Å². The molecule has 10 nitrogen and oxygen atoms in total. The summed E-state index contributed by atoms with van der Waals surface area (Å²) in [6, 6.07) is 15.3. The summed E-state index contributed by atoms with van der Waals surface area (Å²) in [7, 11) is 0. The first-order chi connectivity index (χ1) is 23.2. The third-order valence-electron chi connectivity index (χ3n) is 6.16. The summed E-state index contributed by atoms with van der Waals surface area (Å²) in [5.74, 6) is -1.97. The van der Waals surface area contributed by atoms with Gasteiger partial charge in [-0.05, 0) is 74.0 Å². The highest BCUT2D eigenvalue weighted by molar-refractivity contribution is 6.06. The molecular formula is C36H39F3N6O4. The molecule has 0 aliphatic rings. The molecule has 0 aliphatic carbocycles. The van der Waals surface area contributed by atoms with Crippen molar-refractivity contribution in [2.45, 2.75) is 40.3 Å². The first-order valence-electron chi connectivity index (χ1n) is 15.1. The number of nitrogens with one attached hydrogen (secondary N) is 5. The minimum atomic E-state index is -4.60. The van der Waals surface area contributed by atoms with Gasteiger partial charge in [-0.15, -0.1) is 0 Å². The lowest BCUT2D eigenvalue weighted by Gasteiger charge is -2.12. The van der Waals surface area contributed by atoms with E-state index >= 15 is 0 Å². The number of carbonyl (C=O) groups excluding carboxylic acids is 4. The number of anilines is 3. The monoisotopic (exact) mass is 676 g/mol.